The summed E-state index contributed by atoms with van der Waals surface area (Å²) in [5.41, 5.74) is 0.868. The van der Waals surface area contributed by atoms with Crippen molar-refractivity contribution in [2.75, 3.05) is 12.4 Å². The van der Waals surface area contributed by atoms with Crippen LogP contribution in [-0.2, 0) is 9.53 Å². The Morgan fingerprint density at radius 3 is 2.76 bits per heavy atom. The third-order valence-electron chi connectivity index (χ3n) is 2.73. The number of hydrogen-bond acceptors (Lipinski definition) is 6. The third-order valence-corrected chi connectivity index (χ3v) is 2.91. The van der Waals surface area contributed by atoms with E-state index in [1.54, 1.807) is 24.3 Å². The molecule has 0 spiro atoms. The third kappa shape index (κ3) is 3.46. The maximum Gasteiger partial charge on any atom is 0.333 e. The zero-order valence-corrected chi connectivity index (χ0v) is 11.8. The molecule has 0 bridgehead atoms. The molecule has 1 aromatic carbocycles. The molecule has 2 rings (SSSR count). The molecule has 1 aromatic heterocycles. The van der Waals surface area contributed by atoms with Crippen LogP contribution in [0.3, 0.4) is 0 Å². The van der Waals surface area contributed by atoms with Crippen molar-refractivity contribution < 1.29 is 9.53 Å². The van der Waals surface area contributed by atoms with Crippen LogP contribution in [0.5, 0.6) is 0 Å². The van der Waals surface area contributed by atoms with Crippen molar-refractivity contribution in [3.05, 3.63) is 52.9 Å². The summed E-state index contributed by atoms with van der Waals surface area (Å²) < 4.78 is 4.78. The van der Waals surface area contributed by atoms with Crippen molar-refractivity contribution >= 4 is 23.4 Å². The highest BCUT2D eigenvalue weighted by atomic mass is 35.5. The SMILES string of the molecule is COC(=O)C(Nc1nc(Cl)ncc1C#N)c1ccccc1. The number of halogens is 1. The molecule has 7 heteroatoms. The number of nitriles is 1. The van der Waals surface area contributed by atoms with Gasteiger partial charge in [0.15, 0.2) is 6.04 Å². The van der Waals surface area contributed by atoms with Gasteiger partial charge in [0.2, 0.25) is 5.28 Å². The first kappa shape index (κ1) is 14.8. The average molecular weight is 303 g/mol. The Hall–Kier alpha value is -2.65. The zero-order valence-electron chi connectivity index (χ0n) is 11.1. The van der Waals surface area contributed by atoms with Crippen molar-refractivity contribution in [1.29, 1.82) is 5.26 Å². The monoisotopic (exact) mass is 302 g/mol. The Labute approximate surface area is 126 Å². The molecule has 1 unspecified atom stereocenters. The van der Waals surface area contributed by atoms with Crippen LogP contribution in [0, 0.1) is 11.3 Å². The molecule has 21 heavy (non-hydrogen) atoms. The number of benzene rings is 1. The summed E-state index contributed by atoms with van der Waals surface area (Å²) in [6.07, 6.45) is 1.29. The van der Waals surface area contributed by atoms with Gasteiger partial charge in [0.25, 0.3) is 0 Å². The first-order chi connectivity index (χ1) is 10.2. The van der Waals surface area contributed by atoms with E-state index in [4.69, 9.17) is 21.6 Å². The molecule has 0 aliphatic heterocycles. The molecular formula is C14H11ClN4O2. The maximum absolute atomic E-state index is 12.0. The van der Waals surface area contributed by atoms with Crippen molar-refractivity contribution in [2.24, 2.45) is 0 Å². The van der Waals surface area contributed by atoms with Crippen molar-refractivity contribution in [2.45, 2.75) is 6.04 Å². The van der Waals surface area contributed by atoms with Crippen LogP contribution in [0.1, 0.15) is 17.2 Å². The number of ether oxygens (including phenoxy) is 1. The molecule has 0 radical (unpaired) electrons. The molecule has 1 atom stereocenters. The summed E-state index contributed by atoms with van der Waals surface area (Å²) in [6.45, 7) is 0. The van der Waals surface area contributed by atoms with E-state index in [0.717, 1.165) is 0 Å². The van der Waals surface area contributed by atoms with Gasteiger partial charge in [0.05, 0.1) is 13.3 Å². The number of esters is 1. The van der Waals surface area contributed by atoms with Crippen molar-refractivity contribution in [1.82, 2.24) is 9.97 Å². The summed E-state index contributed by atoms with van der Waals surface area (Å²) in [7, 11) is 1.29. The highest BCUT2D eigenvalue weighted by molar-refractivity contribution is 6.28. The number of aromatic nitrogens is 2. The molecule has 6 nitrogen and oxygen atoms in total. The summed E-state index contributed by atoms with van der Waals surface area (Å²) >= 11 is 5.73. The molecule has 1 heterocycles. The number of nitrogens with zero attached hydrogens (tertiary/aromatic N) is 3. The van der Waals surface area contributed by atoms with E-state index in [1.165, 1.54) is 13.3 Å². The van der Waals surface area contributed by atoms with Crippen LogP contribution >= 0.6 is 11.6 Å². The Morgan fingerprint density at radius 1 is 1.43 bits per heavy atom. The Balaban J connectivity index is 2.39. The molecule has 0 saturated carbocycles. The van der Waals surface area contributed by atoms with Gasteiger partial charge < -0.3 is 10.1 Å². The van der Waals surface area contributed by atoms with Gasteiger partial charge in [-0.15, -0.1) is 0 Å². The molecule has 0 amide bonds. The number of nitrogens with one attached hydrogen (secondary N) is 1. The second-order valence-electron chi connectivity index (χ2n) is 4.02. The van der Waals surface area contributed by atoms with E-state index in [-0.39, 0.29) is 16.7 Å². The van der Waals surface area contributed by atoms with E-state index in [9.17, 15) is 4.79 Å². The Bertz CT molecular complexity index is 685. The quantitative estimate of drug-likeness (QED) is 0.689. The summed E-state index contributed by atoms with van der Waals surface area (Å²) in [4.78, 5) is 19.6. The lowest BCUT2D eigenvalue weighted by molar-refractivity contribution is -0.141. The number of rotatable bonds is 4. The lowest BCUT2D eigenvalue weighted by Crippen LogP contribution is -2.23. The first-order valence-electron chi connectivity index (χ1n) is 5.97. The summed E-state index contributed by atoms with van der Waals surface area (Å²) in [6, 6.07) is 10.1. The lowest BCUT2D eigenvalue weighted by atomic mass is 10.1. The van der Waals surface area contributed by atoms with Gasteiger partial charge in [0, 0.05) is 0 Å². The van der Waals surface area contributed by atoms with Gasteiger partial charge in [-0.2, -0.15) is 10.2 Å². The smallest absolute Gasteiger partial charge is 0.333 e. The molecule has 1 N–H and O–H groups in total. The van der Waals surface area contributed by atoms with E-state index in [0.29, 0.717) is 5.56 Å². The second kappa shape index (κ2) is 6.68. The number of hydrogen-bond donors (Lipinski definition) is 1. The Morgan fingerprint density at radius 2 is 2.14 bits per heavy atom. The van der Waals surface area contributed by atoms with Crippen molar-refractivity contribution in [3.63, 3.8) is 0 Å². The van der Waals surface area contributed by atoms with E-state index in [1.807, 2.05) is 12.1 Å². The Kier molecular flexibility index (Phi) is 4.69. The molecule has 106 valence electrons. The highest BCUT2D eigenvalue weighted by Crippen LogP contribution is 2.22. The minimum Gasteiger partial charge on any atom is -0.467 e. The normalized spacial score (nSPS) is 11.3. The van der Waals surface area contributed by atoms with Gasteiger partial charge in [-0.1, -0.05) is 30.3 Å². The summed E-state index contributed by atoms with van der Waals surface area (Å²) in [5.74, 6) is -0.323. The topological polar surface area (TPSA) is 87.9 Å². The number of anilines is 1. The summed E-state index contributed by atoms with van der Waals surface area (Å²) in [5, 5.41) is 11.9. The standard InChI is InChI=1S/C14H11ClN4O2/c1-21-13(20)11(9-5-3-2-4-6-9)18-12-10(7-16)8-17-14(15)19-12/h2-6,8,11H,1H3,(H,17,18,19). The molecule has 2 aromatic rings. The van der Waals surface area contributed by atoms with Crippen LogP contribution in [0.15, 0.2) is 36.5 Å². The van der Waals surface area contributed by atoms with Gasteiger partial charge in [-0.3, -0.25) is 0 Å². The molecule has 0 aliphatic rings. The van der Waals surface area contributed by atoms with Gasteiger partial charge in [-0.05, 0) is 17.2 Å². The minimum absolute atomic E-state index is 0.0202. The molecule has 0 fully saturated rings. The molecular weight excluding hydrogens is 292 g/mol. The number of carbonyl (C=O) groups is 1. The van der Waals surface area contributed by atoms with Crippen LogP contribution in [0.4, 0.5) is 5.82 Å². The molecule has 0 saturated heterocycles. The second-order valence-corrected chi connectivity index (χ2v) is 4.36. The van der Waals surface area contributed by atoms with Crippen LogP contribution < -0.4 is 5.32 Å². The minimum atomic E-state index is -0.797. The van der Waals surface area contributed by atoms with Gasteiger partial charge >= 0.3 is 5.97 Å². The number of methoxy groups -OCH3 is 1. The predicted molar refractivity (Wildman–Crippen MR) is 76.6 cm³/mol. The fraction of sp³-hybridized carbons (Fsp3) is 0.143. The largest absolute Gasteiger partial charge is 0.467 e. The van der Waals surface area contributed by atoms with Crippen LogP contribution in [0.2, 0.25) is 5.28 Å². The molecule has 0 aliphatic carbocycles. The van der Waals surface area contributed by atoms with E-state index < -0.39 is 12.0 Å². The number of carbonyl (C=O) groups excluding carboxylic acids is 1. The van der Waals surface area contributed by atoms with Gasteiger partial charge in [-0.25, -0.2) is 9.78 Å². The highest BCUT2D eigenvalue weighted by Gasteiger charge is 2.23. The first-order valence-corrected chi connectivity index (χ1v) is 6.35. The van der Waals surface area contributed by atoms with Gasteiger partial charge in [0.1, 0.15) is 17.5 Å². The predicted octanol–water partition coefficient (Wildman–Crippen LogP) is 2.33. The fourth-order valence-corrected chi connectivity index (χ4v) is 1.86. The van der Waals surface area contributed by atoms with Crippen LogP contribution in [0.25, 0.3) is 0 Å². The van der Waals surface area contributed by atoms with Crippen molar-refractivity contribution in [3.8, 4) is 6.07 Å². The zero-order chi connectivity index (χ0) is 15.2. The lowest BCUT2D eigenvalue weighted by Gasteiger charge is -2.17. The van der Waals surface area contributed by atoms with E-state index in [2.05, 4.69) is 15.3 Å². The van der Waals surface area contributed by atoms with Crippen LogP contribution in [-0.4, -0.2) is 23.0 Å². The maximum atomic E-state index is 12.0. The van der Waals surface area contributed by atoms with E-state index >= 15 is 0 Å². The fourth-order valence-electron chi connectivity index (χ4n) is 1.73. The average Bonchev–Trinajstić information content (AvgIpc) is 2.53.